The van der Waals surface area contributed by atoms with E-state index in [-0.39, 0.29) is 5.91 Å². The second kappa shape index (κ2) is 6.70. The maximum absolute atomic E-state index is 11.8. The smallest absolute Gasteiger partial charge is 0.220 e. The first-order chi connectivity index (χ1) is 9.16. The van der Waals surface area contributed by atoms with Crippen molar-refractivity contribution in [2.24, 2.45) is 5.92 Å². The molecule has 1 aromatic rings. The molecule has 1 unspecified atom stereocenters. The number of aryl methyl sites for hydroxylation is 2. The number of rotatable bonds is 5. The standard InChI is InChI=1S/C14H23N3O2/c1-10-13(11(2)19-17-10)9-16-14(18)6-5-12-4-3-7-15-8-12/h12,15H,3-9H2,1-2H3,(H,16,18). The summed E-state index contributed by atoms with van der Waals surface area (Å²) in [6.45, 7) is 6.45. The minimum Gasteiger partial charge on any atom is -0.361 e. The SMILES string of the molecule is Cc1noc(C)c1CNC(=O)CCC1CCCNC1. The summed E-state index contributed by atoms with van der Waals surface area (Å²) in [5, 5.41) is 10.2. The lowest BCUT2D eigenvalue weighted by molar-refractivity contribution is -0.121. The molecule has 2 N–H and O–H groups in total. The minimum atomic E-state index is 0.116. The van der Waals surface area contributed by atoms with E-state index in [0.29, 0.717) is 18.9 Å². The van der Waals surface area contributed by atoms with Gasteiger partial charge in [0.25, 0.3) is 0 Å². The summed E-state index contributed by atoms with van der Waals surface area (Å²) in [5.74, 6) is 1.55. The van der Waals surface area contributed by atoms with Crippen molar-refractivity contribution in [3.63, 3.8) is 0 Å². The maximum atomic E-state index is 11.8. The molecule has 5 nitrogen and oxygen atoms in total. The van der Waals surface area contributed by atoms with E-state index in [1.54, 1.807) is 0 Å². The second-order valence-electron chi connectivity index (χ2n) is 5.33. The van der Waals surface area contributed by atoms with Gasteiger partial charge in [0.05, 0.1) is 5.69 Å². The predicted molar refractivity (Wildman–Crippen MR) is 72.7 cm³/mol. The van der Waals surface area contributed by atoms with E-state index in [2.05, 4.69) is 15.8 Å². The van der Waals surface area contributed by atoms with Crippen LogP contribution in [0.2, 0.25) is 0 Å². The summed E-state index contributed by atoms with van der Waals surface area (Å²) in [6, 6.07) is 0. The first-order valence-electron chi connectivity index (χ1n) is 7.06. The molecule has 0 aromatic carbocycles. The number of hydrogen-bond donors (Lipinski definition) is 2. The van der Waals surface area contributed by atoms with Gasteiger partial charge in [-0.25, -0.2) is 0 Å². The molecule has 0 saturated carbocycles. The van der Waals surface area contributed by atoms with Gasteiger partial charge in [-0.15, -0.1) is 0 Å². The van der Waals surface area contributed by atoms with Crippen LogP contribution in [0, 0.1) is 19.8 Å². The summed E-state index contributed by atoms with van der Waals surface area (Å²) >= 11 is 0. The van der Waals surface area contributed by atoms with Crippen LogP contribution in [-0.4, -0.2) is 24.2 Å². The number of nitrogens with one attached hydrogen (secondary N) is 2. The fraction of sp³-hybridized carbons (Fsp3) is 0.714. The van der Waals surface area contributed by atoms with E-state index in [1.807, 2.05) is 13.8 Å². The van der Waals surface area contributed by atoms with Crippen molar-refractivity contribution in [2.75, 3.05) is 13.1 Å². The number of piperidine rings is 1. The molecular weight excluding hydrogens is 242 g/mol. The van der Waals surface area contributed by atoms with Crippen LogP contribution in [0.1, 0.15) is 42.7 Å². The van der Waals surface area contributed by atoms with Crippen LogP contribution in [0.25, 0.3) is 0 Å². The summed E-state index contributed by atoms with van der Waals surface area (Å²) in [5.41, 5.74) is 1.85. The van der Waals surface area contributed by atoms with Gasteiger partial charge in [-0.1, -0.05) is 5.16 Å². The summed E-state index contributed by atoms with van der Waals surface area (Å²) in [7, 11) is 0. The summed E-state index contributed by atoms with van der Waals surface area (Å²) < 4.78 is 5.07. The van der Waals surface area contributed by atoms with Gasteiger partial charge in [-0.2, -0.15) is 0 Å². The van der Waals surface area contributed by atoms with Crippen LogP contribution >= 0.6 is 0 Å². The predicted octanol–water partition coefficient (Wildman–Crippen LogP) is 1.69. The Balaban J connectivity index is 1.69. The molecule has 1 saturated heterocycles. The second-order valence-corrected chi connectivity index (χ2v) is 5.33. The number of carbonyl (C=O) groups is 1. The molecule has 2 rings (SSSR count). The number of carbonyl (C=O) groups excluding carboxylic acids is 1. The summed E-state index contributed by atoms with van der Waals surface area (Å²) in [4.78, 5) is 11.8. The highest BCUT2D eigenvalue weighted by molar-refractivity contribution is 5.75. The Morgan fingerprint density at radius 1 is 1.53 bits per heavy atom. The van der Waals surface area contributed by atoms with Crippen LogP contribution < -0.4 is 10.6 Å². The van der Waals surface area contributed by atoms with E-state index in [1.165, 1.54) is 12.8 Å². The van der Waals surface area contributed by atoms with Crippen LogP contribution in [-0.2, 0) is 11.3 Å². The molecule has 1 aromatic heterocycles. The van der Waals surface area contributed by atoms with Gasteiger partial charge in [-0.3, -0.25) is 4.79 Å². The molecule has 5 heteroatoms. The van der Waals surface area contributed by atoms with Crippen LogP contribution in [0.4, 0.5) is 0 Å². The molecule has 0 spiro atoms. The number of hydrogen-bond acceptors (Lipinski definition) is 4. The highest BCUT2D eigenvalue weighted by Gasteiger charge is 2.15. The van der Waals surface area contributed by atoms with Crippen molar-refractivity contribution in [1.82, 2.24) is 15.8 Å². The first kappa shape index (κ1) is 14.1. The molecule has 1 amide bonds. The van der Waals surface area contributed by atoms with Gasteiger partial charge >= 0.3 is 0 Å². The van der Waals surface area contributed by atoms with Gasteiger partial charge < -0.3 is 15.2 Å². The molecule has 106 valence electrons. The van der Waals surface area contributed by atoms with Crippen molar-refractivity contribution in [3.8, 4) is 0 Å². The van der Waals surface area contributed by atoms with E-state index < -0.39 is 0 Å². The first-order valence-corrected chi connectivity index (χ1v) is 7.06. The van der Waals surface area contributed by atoms with Crippen LogP contribution in [0.15, 0.2) is 4.52 Å². The zero-order valence-corrected chi connectivity index (χ0v) is 11.8. The lowest BCUT2D eigenvalue weighted by atomic mass is 9.94. The van der Waals surface area contributed by atoms with Gasteiger partial charge in [-0.05, 0) is 52.1 Å². The third kappa shape index (κ3) is 4.06. The van der Waals surface area contributed by atoms with E-state index >= 15 is 0 Å². The Kier molecular flexibility index (Phi) is 4.96. The van der Waals surface area contributed by atoms with Crippen molar-refractivity contribution in [1.29, 1.82) is 0 Å². The lowest BCUT2D eigenvalue weighted by Crippen LogP contribution is -2.31. The highest BCUT2D eigenvalue weighted by Crippen LogP contribution is 2.16. The zero-order chi connectivity index (χ0) is 13.7. The number of aromatic nitrogens is 1. The fourth-order valence-electron chi connectivity index (χ4n) is 2.54. The van der Waals surface area contributed by atoms with Gasteiger partial charge in [0.2, 0.25) is 5.91 Å². The third-order valence-electron chi connectivity index (χ3n) is 3.82. The molecule has 1 fully saturated rings. The molecule has 19 heavy (non-hydrogen) atoms. The Hall–Kier alpha value is -1.36. The Labute approximate surface area is 114 Å². The van der Waals surface area contributed by atoms with Crippen molar-refractivity contribution in [3.05, 3.63) is 17.0 Å². The molecule has 0 aliphatic carbocycles. The molecular formula is C14H23N3O2. The third-order valence-corrected chi connectivity index (χ3v) is 3.82. The maximum Gasteiger partial charge on any atom is 0.220 e. The molecule has 2 heterocycles. The largest absolute Gasteiger partial charge is 0.361 e. The van der Waals surface area contributed by atoms with Crippen LogP contribution in [0.5, 0.6) is 0 Å². The molecule has 1 atom stereocenters. The minimum absolute atomic E-state index is 0.116. The number of amides is 1. The summed E-state index contributed by atoms with van der Waals surface area (Å²) in [6.07, 6.45) is 4.05. The van der Waals surface area contributed by atoms with Gasteiger partial charge in [0.1, 0.15) is 5.76 Å². The van der Waals surface area contributed by atoms with Crippen molar-refractivity contribution >= 4 is 5.91 Å². The highest BCUT2D eigenvalue weighted by atomic mass is 16.5. The van der Waals surface area contributed by atoms with E-state index in [4.69, 9.17) is 4.52 Å². The number of nitrogens with zero attached hydrogens (tertiary/aromatic N) is 1. The molecule has 1 aliphatic rings. The Bertz CT molecular complexity index is 403. The Morgan fingerprint density at radius 2 is 2.37 bits per heavy atom. The lowest BCUT2D eigenvalue weighted by Gasteiger charge is -2.22. The van der Waals surface area contributed by atoms with Gasteiger partial charge in [0, 0.05) is 18.5 Å². The molecule has 0 radical (unpaired) electrons. The van der Waals surface area contributed by atoms with E-state index in [9.17, 15) is 4.79 Å². The molecule has 0 bridgehead atoms. The molecule has 1 aliphatic heterocycles. The average Bonchev–Trinajstić information content (AvgIpc) is 2.75. The fourth-order valence-corrected chi connectivity index (χ4v) is 2.54. The Morgan fingerprint density at radius 3 is 3.00 bits per heavy atom. The van der Waals surface area contributed by atoms with Crippen molar-refractivity contribution < 1.29 is 9.32 Å². The van der Waals surface area contributed by atoms with Crippen molar-refractivity contribution in [2.45, 2.75) is 46.1 Å². The zero-order valence-electron chi connectivity index (χ0n) is 11.8. The normalized spacial score (nSPS) is 19.4. The topological polar surface area (TPSA) is 67.2 Å². The van der Waals surface area contributed by atoms with E-state index in [0.717, 1.165) is 36.5 Å². The monoisotopic (exact) mass is 265 g/mol. The van der Waals surface area contributed by atoms with Crippen LogP contribution in [0.3, 0.4) is 0 Å². The average molecular weight is 265 g/mol. The quantitative estimate of drug-likeness (QED) is 0.850. The van der Waals surface area contributed by atoms with Gasteiger partial charge in [0.15, 0.2) is 0 Å².